The Labute approximate surface area is 89.5 Å². The molecule has 0 bridgehead atoms. The number of rotatable bonds is 6. The molecular weight excluding hydrogens is 196 g/mol. The molecule has 0 aliphatic carbocycles. The first-order chi connectivity index (χ1) is 6.72. The van der Waals surface area contributed by atoms with E-state index in [4.69, 9.17) is 5.73 Å². The molecule has 1 aliphatic rings. The summed E-state index contributed by atoms with van der Waals surface area (Å²) in [6.07, 6.45) is 3.54. The summed E-state index contributed by atoms with van der Waals surface area (Å²) in [7, 11) is -0.713. The highest BCUT2D eigenvalue weighted by molar-refractivity contribution is 7.85. The van der Waals surface area contributed by atoms with Crippen LogP contribution in [0.5, 0.6) is 0 Å². The van der Waals surface area contributed by atoms with E-state index in [1.165, 1.54) is 25.9 Å². The highest BCUT2D eigenvalue weighted by Gasteiger charge is 2.13. The van der Waals surface area contributed by atoms with E-state index < -0.39 is 10.8 Å². The lowest BCUT2D eigenvalue weighted by atomic mass is 10.3. The standard InChI is InChI=1S/C10H22N2OS/c1-2-10(11)9-14(13)8-7-12-5-3-4-6-12/h10H,2-9,11H2,1H3. The summed E-state index contributed by atoms with van der Waals surface area (Å²) < 4.78 is 11.6. The van der Waals surface area contributed by atoms with E-state index in [2.05, 4.69) is 4.90 Å². The van der Waals surface area contributed by atoms with Gasteiger partial charge in [-0.2, -0.15) is 0 Å². The smallest absolute Gasteiger partial charge is 0.0387 e. The van der Waals surface area contributed by atoms with E-state index in [0.29, 0.717) is 5.75 Å². The Morgan fingerprint density at radius 1 is 1.43 bits per heavy atom. The lowest BCUT2D eigenvalue weighted by molar-refractivity contribution is 0.360. The zero-order valence-electron chi connectivity index (χ0n) is 9.08. The molecule has 1 rings (SSSR count). The Bertz CT molecular complexity index is 181. The van der Waals surface area contributed by atoms with E-state index in [1.54, 1.807) is 0 Å². The number of nitrogens with zero attached hydrogens (tertiary/aromatic N) is 1. The molecule has 2 N–H and O–H groups in total. The molecule has 2 atom stereocenters. The zero-order valence-corrected chi connectivity index (χ0v) is 9.89. The summed E-state index contributed by atoms with van der Waals surface area (Å²) in [6, 6.07) is 0.120. The van der Waals surface area contributed by atoms with Crippen LogP contribution >= 0.6 is 0 Å². The third-order valence-electron chi connectivity index (χ3n) is 2.76. The molecule has 0 aromatic carbocycles. The maximum Gasteiger partial charge on any atom is 0.0387 e. The number of hydrogen-bond donors (Lipinski definition) is 1. The van der Waals surface area contributed by atoms with Crippen molar-refractivity contribution in [2.24, 2.45) is 5.73 Å². The molecule has 1 aliphatic heterocycles. The molecule has 0 radical (unpaired) electrons. The highest BCUT2D eigenvalue weighted by atomic mass is 32.2. The van der Waals surface area contributed by atoms with E-state index in [0.717, 1.165) is 18.7 Å². The fraction of sp³-hybridized carbons (Fsp3) is 1.00. The van der Waals surface area contributed by atoms with Crippen LogP contribution in [-0.2, 0) is 10.8 Å². The Hall–Kier alpha value is 0.0700. The quantitative estimate of drug-likeness (QED) is 0.709. The fourth-order valence-corrected chi connectivity index (χ4v) is 3.02. The first kappa shape index (κ1) is 12.1. The summed E-state index contributed by atoms with van der Waals surface area (Å²) in [4.78, 5) is 2.40. The van der Waals surface area contributed by atoms with E-state index in [9.17, 15) is 4.21 Å². The molecule has 84 valence electrons. The Morgan fingerprint density at radius 2 is 2.07 bits per heavy atom. The van der Waals surface area contributed by atoms with Crippen molar-refractivity contribution in [3.63, 3.8) is 0 Å². The molecule has 0 aromatic rings. The first-order valence-corrected chi connectivity index (χ1v) is 7.04. The lowest BCUT2D eigenvalue weighted by Crippen LogP contribution is -2.30. The normalized spacial score (nSPS) is 22.4. The highest BCUT2D eigenvalue weighted by Crippen LogP contribution is 2.06. The molecule has 0 amide bonds. The van der Waals surface area contributed by atoms with Crippen molar-refractivity contribution >= 4 is 10.8 Å². The van der Waals surface area contributed by atoms with Gasteiger partial charge in [0.05, 0.1) is 0 Å². The predicted molar refractivity (Wildman–Crippen MR) is 61.8 cm³/mol. The van der Waals surface area contributed by atoms with Gasteiger partial charge >= 0.3 is 0 Å². The second-order valence-corrected chi connectivity index (χ2v) is 5.65. The maximum absolute atomic E-state index is 11.6. The van der Waals surface area contributed by atoms with Gasteiger partial charge in [-0.05, 0) is 32.4 Å². The summed E-state index contributed by atoms with van der Waals surface area (Å²) in [5.74, 6) is 1.47. The molecule has 4 heteroatoms. The average Bonchev–Trinajstić information content (AvgIpc) is 2.67. The summed E-state index contributed by atoms with van der Waals surface area (Å²) in [5, 5.41) is 0. The summed E-state index contributed by atoms with van der Waals surface area (Å²) in [6.45, 7) is 5.42. The van der Waals surface area contributed by atoms with Gasteiger partial charge in [0.1, 0.15) is 0 Å². The second-order valence-electron chi connectivity index (χ2n) is 4.03. The van der Waals surface area contributed by atoms with Crippen LogP contribution in [0.2, 0.25) is 0 Å². The van der Waals surface area contributed by atoms with Gasteiger partial charge in [0.2, 0.25) is 0 Å². The molecule has 0 saturated carbocycles. The fourth-order valence-electron chi connectivity index (χ4n) is 1.68. The zero-order chi connectivity index (χ0) is 10.4. The van der Waals surface area contributed by atoms with Crippen molar-refractivity contribution in [2.75, 3.05) is 31.1 Å². The maximum atomic E-state index is 11.6. The number of hydrogen-bond acceptors (Lipinski definition) is 3. The third-order valence-corrected chi connectivity index (χ3v) is 4.20. The van der Waals surface area contributed by atoms with Crippen molar-refractivity contribution in [1.82, 2.24) is 4.90 Å². The van der Waals surface area contributed by atoms with Crippen molar-refractivity contribution in [3.8, 4) is 0 Å². The molecule has 0 spiro atoms. The van der Waals surface area contributed by atoms with Gasteiger partial charge in [-0.3, -0.25) is 4.21 Å². The Balaban J connectivity index is 2.08. The monoisotopic (exact) mass is 218 g/mol. The Morgan fingerprint density at radius 3 is 2.64 bits per heavy atom. The van der Waals surface area contributed by atoms with Gasteiger partial charge < -0.3 is 10.6 Å². The molecule has 0 aromatic heterocycles. The molecular formula is C10H22N2OS. The van der Waals surface area contributed by atoms with Crippen LogP contribution in [0.4, 0.5) is 0 Å². The van der Waals surface area contributed by atoms with E-state index in [1.807, 2.05) is 6.92 Å². The minimum absolute atomic E-state index is 0.120. The van der Waals surface area contributed by atoms with E-state index in [-0.39, 0.29) is 6.04 Å². The molecule has 2 unspecified atom stereocenters. The predicted octanol–water partition coefficient (Wildman–Crippen LogP) is 0.568. The summed E-state index contributed by atoms with van der Waals surface area (Å²) >= 11 is 0. The first-order valence-electron chi connectivity index (χ1n) is 5.55. The van der Waals surface area contributed by atoms with Crippen LogP contribution in [0.25, 0.3) is 0 Å². The third kappa shape index (κ3) is 4.53. The molecule has 1 saturated heterocycles. The van der Waals surface area contributed by atoms with Crippen molar-refractivity contribution in [1.29, 1.82) is 0 Å². The van der Waals surface area contributed by atoms with Crippen LogP contribution in [0.1, 0.15) is 26.2 Å². The van der Waals surface area contributed by atoms with Crippen LogP contribution in [0.15, 0.2) is 0 Å². The largest absolute Gasteiger partial charge is 0.327 e. The summed E-state index contributed by atoms with van der Waals surface area (Å²) in [5.41, 5.74) is 5.75. The number of nitrogens with two attached hydrogens (primary N) is 1. The minimum atomic E-state index is -0.713. The topological polar surface area (TPSA) is 46.3 Å². The van der Waals surface area contributed by atoms with Gasteiger partial charge in [0, 0.05) is 34.9 Å². The Kier molecular flexibility index (Phi) is 5.67. The SMILES string of the molecule is CCC(N)CS(=O)CCN1CCCC1. The van der Waals surface area contributed by atoms with Crippen molar-refractivity contribution < 1.29 is 4.21 Å². The minimum Gasteiger partial charge on any atom is -0.327 e. The van der Waals surface area contributed by atoms with Crippen LogP contribution < -0.4 is 5.73 Å². The number of likely N-dealkylation sites (tertiary alicyclic amines) is 1. The van der Waals surface area contributed by atoms with Gasteiger partial charge in [-0.25, -0.2) is 0 Å². The van der Waals surface area contributed by atoms with Gasteiger partial charge in [0.15, 0.2) is 0 Å². The van der Waals surface area contributed by atoms with Crippen molar-refractivity contribution in [3.05, 3.63) is 0 Å². The van der Waals surface area contributed by atoms with Crippen LogP contribution in [0.3, 0.4) is 0 Å². The van der Waals surface area contributed by atoms with Gasteiger partial charge in [-0.1, -0.05) is 6.92 Å². The molecule has 14 heavy (non-hydrogen) atoms. The molecule has 1 fully saturated rings. The average molecular weight is 218 g/mol. The van der Waals surface area contributed by atoms with Gasteiger partial charge in [-0.15, -0.1) is 0 Å². The second kappa shape index (κ2) is 6.53. The van der Waals surface area contributed by atoms with Crippen LogP contribution in [0, 0.1) is 0 Å². The van der Waals surface area contributed by atoms with Gasteiger partial charge in [0.25, 0.3) is 0 Å². The lowest BCUT2D eigenvalue weighted by Gasteiger charge is -2.14. The van der Waals surface area contributed by atoms with Crippen molar-refractivity contribution in [2.45, 2.75) is 32.2 Å². The molecule has 3 nitrogen and oxygen atoms in total. The van der Waals surface area contributed by atoms with E-state index >= 15 is 0 Å². The molecule has 1 heterocycles. The van der Waals surface area contributed by atoms with Crippen LogP contribution in [-0.4, -0.2) is 46.3 Å².